The fourth-order valence-corrected chi connectivity index (χ4v) is 3.66. The summed E-state index contributed by atoms with van der Waals surface area (Å²) in [7, 11) is 0. The average molecular weight is 337 g/mol. The smallest absolute Gasteiger partial charge is 0.253 e. The van der Waals surface area contributed by atoms with E-state index in [4.69, 9.17) is 0 Å². The third-order valence-corrected chi connectivity index (χ3v) is 5.35. The maximum atomic E-state index is 12.8. The Bertz CT molecular complexity index is 753. The van der Waals surface area contributed by atoms with Gasteiger partial charge in [-0.15, -0.1) is 0 Å². The quantitative estimate of drug-likeness (QED) is 0.893. The molecule has 2 aromatic carbocycles. The molecular formula is C22H27NO2. The molecule has 1 unspecified atom stereocenters. The molecule has 0 saturated carbocycles. The van der Waals surface area contributed by atoms with Crippen LogP contribution in [0.3, 0.4) is 0 Å². The molecule has 3 rings (SSSR count). The minimum absolute atomic E-state index is 0.0379. The molecule has 1 N–H and O–H groups in total. The molecule has 3 nitrogen and oxygen atoms in total. The fourth-order valence-electron chi connectivity index (χ4n) is 3.66. The van der Waals surface area contributed by atoms with Crippen molar-refractivity contribution in [2.75, 3.05) is 13.1 Å². The van der Waals surface area contributed by atoms with E-state index >= 15 is 0 Å². The summed E-state index contributed by atoms with van der Waals surface area (Å²) in [6, 6.07) is 13.8. The van der Waals surface area contributed by atoms with Crippen molar-refractivity contribution in [2.24, 2.45) is 5.92 Å². The van der Waals surface area contributed by atoms with E-state index in [9.17, 15) is 9.90 Å². The first-order valence-corrected chi connectivity index (χ1v) is 9.18. The van der Waals surface area contributed by atoms with Gasteiger partial charge in [-0.05, 0) is 74.3 Å². The van der Waals surface area contributed by atoms with Crippen LogP contribution in [-0.4, -0.2) is 29.0 Å². The van der Waals surface area contributed by atoms with Crippen LogP contribution in [-0.2, 0) is 6.42 Å². The number of piperidine rings is 1. The highest BCUT2D eigenvalue weighted by Crippen LogP contribution is 2.25. The highest BCUT2D eigenvalue weighted by molar-refractivity contribution is 5.94. The third-order valence-electron chi connectivity index (χ3n) is 5.35. The number of nitrogens with zero attached hydrogens (tertiary/aromatic N) is 1. The Labute approximate surface area is 150 Å². The maximum Gasteiger partial charge on any atom is 0.253 e. The Kier molecular flexibility index (Phi) is 5.42. The van der Waals surface area contributed by atoms with Crippen LogP contribution >= 0.6 is 0 Å². The van der Waals surface area contributed by atoms with Crippen molar-refractivity contribution in [3.05, 3.63) is 64.7 Å². The second kappa shape index (κ2) is 7.73. The van der Waals surface area contributed by atoms with Crippen molar-refractivity contribution >= 4 is 5.91 Å². The van der Waals surface area contributed by atoms with E-state index in [1.54, 1.807) is 6.07 Å². The molecule has 132 valence electrons. The summed E-state index contributed by atoms with van der Waals surface area (Å²) in [5, 5.41) is 9.86. The van der Waals surface area contributed by atoms with E-state index in [2.05, 4.69) is 31.2 Å². The summed E-state index contributed by atoms with van der Waals surface area (Å²) in [6.07, 6.45) is 4.44. The number of benzene rings is 2. The van der Waals surface area contributed by atoms with Gasteiger partial charge in [-0.25, -0.2) is 0 Å². The number of aryl methyl sites for hydroxylation is 3. The van der Waals surface area contributed by atoms with Crippen molar-refractivity contribution in [3.8, 4) is 5.75 Å². The number of hydrogen-bond acceptors (Lipinski definition) is 2. The number of rotatable bonds is 4. The van der Waals surface area contributed by atoms with Gasteiger partial charge in [-0.3, -0.25) is 4.79 Å². The van der Waals surface area contributed by atoms with Crippen LogP contribution < -0.4 is 0 Å². The first-order valence-electron chi connectivity index (χ1n) is 9.18. The van der Waals surface area contributed by atoms with Gasteiger partial charge >= 0.3 is 0 Å². The third kappa shape index (κ3) is 4.22. The van der Waals surface area contributed by atoms with Crippen molar-refractivity contribution in [1.82, 2.24) is 4.90 Å². The van der Waals surface area contributed by atoms with Crippen LogP contribution in [0.15, 0.2) is 42.5 Å². The SMILES string of the molecule is Cc1ccc(C(=O)N2CCCC(CCc3ccccc3C)C2)cc1O. The number of carbonyl (C=O) groups excluding carboxylic acids is 1. The van der Waals surface area contributed by atoms with Gasteiger partial charge in [-0.1, -0.05) is 30.3 Å². The number of phenols is 1. The molecule has 1 saturated heterocycles. The van der Waals surface area contributed by atoms with E-state index in [0.29, 0.717) is 11.5 Å². The molecule has 0 aliphatic carbocycles. The Morgan fingerprint density at radius 1 is 1.16 bits per heavy atom. The summed E-state index contributed by atoms with van der Waals surface area (Å²) >= 11 is 0. The van der Waals surface area contributed by atoms with Crippen LogP contribution in [0.5, 0.6) is 5.75 Å². The molecular weight excluding hydrogens is 310 g/mol. The van der Waals surface area contributed by atoms with Crippen molar-refractivity contribution in [1.29, 1.82) is 0 Å². The second-order valence-electron chi connectivity index (χ2n) is 7.23. The number of hydrogen-bond donors (Lipinski definition) is 1. The predicted octanol–water partition coefficient (Wildman–Crippen LogP) is 4.49. The molecule has 0 radical (unpaired) electrons. The van der Waals surface area contributed by atoms with Gasteiger partial charge in [0.25, 0.3) is 5.91 Å². The van der Waals surface area contributed by atoms with Gasteiger partial charge in [0, 0.05) is 18.7 Å². The lowest BCUT2D eigenvalue weighted by atomic mass is 9.90. The second-order valence-corrected chi connectivity index (χ2v) is 7.23. The Balaban J connectivity index is 1.61. The molecule has 0 aromatic heterocycles. The van der Waals surface area contributed by atoms with Gasteiger partial charge < -0.3 is 10.0 Å². The summed E-state index contributed by atoms with van der Waals surface area (Å²) in [6.45, 7) is 5.63. The number of aromatic hydroxyl groups is 1. The number of carbonyl (C=O) groups is 1. The van der Waals surface area contributed by atoms with Crippen LogP contribution in [0.4, 0.5) is 0 Å². The molecule has 1 amide bonds. The zero-order chi connectivity index (χ0) is 17.8. The zero-order valence-electron chi connectivity index (χ0n) is 15.2. The van der Waals surface area contributed by atoms with E-state index in [-0.39, 0.29) is 11.7 Å². The van der Waals surface area contributed by atoms with Gasteiger partial charge in [0.2, 0.25) is 0 Å². The largest absolute Gasteiger partial charge is 0.508 e. The minimum Gasteiger partial charge on any atom is -0.508 e. The van der Waals surface area contributed by atoms with Crippen LogP contribution in [0.2, 0.25) is 0 Å². The summed E-state index contributed by atoms with van der Waals surface area (Å²) in [4.78, 5) is 14.7. The molecule has 1 fully saturated rings. The normalized spacial score (nSPS) is 17.5. The summed E-state index contributed by atoms with van der Waals surface area (Å²) in [5.41, 5.74) is 4.14. The monoisotopic (exact) mass is 337 g/mol. The molecule has 3 heteroatoms. The van der Waals surface area contributed by atoms with E-state index < -0.39 is 0 Å². The number of phenolic OH excluding ortho intramolecular Hbond substituents is 1. The first-order chi connectivity index (χ1) is 12.0. The van der Waals surface area contributed by atoms with Gasteiger partial charge in [0.1, 0.15) is 5.75 Å². The Morgan fingerprint density at radius 2 is 1.96 bits per heavy atom. The Hall–Kier alpha value is -2.29. The van der Waals surface area contributed by atoms with E-state index in [1.165, 1.54) is 17.5 Å². The molecule has 1 aliphatic heterocycles. The number of amides is 1. The lowest BCUT2D eigenvalue weighted by molar-refractivity contribution is 0.0668. The molecule has 1 heterocycles. The summed E-state index contributed by atoms with van der Waals surface area (Å²) in [5.74, 6) is 0.784. The maximum absolute atomic E-state index is 12.8. The molecule has 2 aromatic rings. The zero-order valence-corrected chi connectivity index (χ0v) is 15.2. The van der Waals surface area contributed by atoms with Crippen LogP contribution in [0.25, 0.3) is 0 Å². The first kappa shape index (κ1) is 17.5. The minimum atomic E-state index is 0.0379. The number of likely N-dealkylation sites (tertiary alicyclic amines) is 1. The van der Waals surface area contributed by atoms with Crippen LogP contribution in [0.1, 0.15) is 46.3 Å². The predicted molar refractivity (Wildman–Crippen MR) is 101 cm³/mol. The molecule has 1 atom stereocenters. The topological polar surface area (TPSA) is 40.5 Å². The Morgan fingerprint density at radius 3 is 2.72 bits per heavy atom. The molecule has 0 spiro atoms. The fraction of sp³-hybridized carbons (Fsp3) is 0.409. The van der Waals surface area contributed by atoms with Crippen LogP contribution in [0, 0.1) is 19.8 Å². The molecule has 25 heavy (non-hydrogen) atoms. The highest BCUT2D eigenvalue weighted by Gasteiger charge is 2.24. The summed E-state index contributed by atoms with van der Waals surface area (Å²) < 4.78 is 0. The highest BCUT2D eigenvalue weighted by atomic mass is 16.3. The lowest BCUT2D eigenvalue weighted by Crippen LogP contribution is -2.40. The van der Waals surface area contributed by atoms with Crippen molar-refractivity contribution in [3.63, 3.8) is 0 Å². The molecule has 0 bridgehead atoms. The van der Waals surface area contributed by atoms with Crippen molar-refractivity contribution < 1.29 is 9.90 Å². The van der Waals surface area contributed by atoms with Crippen molar-refractivity contribution in [2.45, 2.75) is 39.5 Å². The lowest BCUT2D eigenvalue weighted by Gasteiger charge is -2.33. The van der Waals surface area contributed by atoms with E-state index in [0.717, 1.165) is 37.9 Å². The standard InChI is InChI=1S/C22H27NO2/c1-16-6-3-4-8-19(16)12-10-18-7-5-13-23(15-18)22(25)20-11-9-17(2)21(24)14-20/h3-4,6,8-9,11,14,18,24H,5,7,10,12-13,15H2,1-2H3. The molecule has 1 aliphatic rings. The van der Waals surface area contributed by atoms with Gasteiger partial charge in [0.05, 0.1) is 0 Å². The van der Waals surface area contributed by atoms with Gasteiger partial charge in [0.15, 0.2) is 0 Å². The van der Waals surface area contributed by atoms with Gasteiger partial charge in [-0.2, -0.15) is 0 Å². The van der Waals surface area contributed by atoms with E-state index in [1.807, 2.05) is 24.0 Å². The average Bonchev–Trinajstić information content (AvgIpc) is 2.63.